The van der Waals surface area contributed by atoms with Gasteiger partial charge in [0.25, 0.3) is 0 Å². The van der Waals surface area contributed by atoms with Crippen LogP contribution >= 0.6 is 0 Å². The van der Waals surface area contributed by atoms with Gasteiger partial charge in [0.2, 0.25) is 0 Å². The first-order valence-corrected chi connectivity index (χ1v) is 2.43. The van der Waals surface area contributed by atoms with Gasteiger partial charge in [0.15, 0.2) is 0 Å². The van der Waals surface area contributed by atoms with Crippen molar-refractivity contribution >= 4 is 5.78 Å². The summed E-state index contributed by atoms with van der Waals surface area (Å²) in [5.74, 6) is -0.123. The number of halogens is 1. The molecule has 0 aliphatic heterocycles. The first kappa shape index (κ1) is 4.75. The maximum atomic E-state index is 11.5. The molecule has 2 heteroatoms. The Labute approximate surface area is 41.5 Å². The van der Waals surface area contributed by atoms with E-state index in [0.29, 0.717) is 6.42 Å². The highest BCUT2D eigenvalue weighted by molar-refractivity contribution is 5.86. The zero-order valence-corrected chi connectivity index (χ0v) is 3.98. The zero-order chi connectivity index (χ0) is 5.28. The number of Topliss-reactive ketones (excluding diaryl/α,β-unsaturated/α-hetero) is 1. The highest BCUT2D eigenvalue weighted by Crippen LogP contribution is 2.21. The lowest BCUT2D eigenvalue weighted by Gasteiger charge is -2.19. The van der Waals surface area contributed by atoms with Crippen molar-refractivity contribution in [3.05, 3.63) is 0 Å². The number of carbonyl (C=O) groups excluding carboxylic acids is 1. The van der Waals surface area contributed by atoms with E-state index in [4.69, 9.17) is 0 Å². The lowest BCUT2D eigenvalue weighted by molar-refractivity contribution is -0.129. The largest absolute Gasteiger partial charge is 0.299 e. The van der Waals surface area contributed by atoms with Crippen LogP contribution in [0.2, 0.25) is 0 Å². The third kappa shape index (κ3) is 0.646. The zero-order valence-electron chi connectivity index (χ0n) is 3.98. The van der Waals surface area contributed by atoms with Gasteiger partial charge in [0.05, 0.1) is 6.67 Å². The minimum absolute atomic E-state index is 0.0995. The first-order chi connectivity index (χ1) is 3.34. The summed E-state index contributed by atoms with van der Waals surface area (Å²) in [6, 6.07) is 0. The van der Waals surface area contributed by atoms with Gasteiger partial charge >= 0.3 is 0 Å². The Bertz CT molecular complexity index is 88.1. The molecule has 1 atom stereocenters. The molecule has 7 heavy (non-hydrogen) atoms. The predicted octanol–water partition coefficient (Wildman–Crippen LogP) is 0.935. The Morgan fingerprint density at radius 1 is 1.86 bits per heavy atom. The molecule has 0 aromatic heterocycles. The molecule has 40 valence electrons. The Morgan fingerprint density at radius 2 is 2.57 bits per heavy atom. The quantitative estimate of drug-likeness (QED) is 0.481. The van der Waals surface area contributed by atoms with Gasteiger partial charge in [0, 0.05) is 12.3 Å². The van der Waals surface area contributed by atoms with E-state index in [1.807, 2.05) is 0 Å². The fraction of sp³-hybridized carbons (Fsp3) is 0.800. The molecule has 0 aromatic rings. The van der Waals surface area contributed by atoms with Crippen molar-refractivity contribution in [2.45, 2.75) is 12.8 Å². The smallest absolute Gasteiger partial charge is 0.138 e. The summed E-state index contributed by atoms with van der Waals surface area (Å²) in [6.45, 7) is -0.446. The summed E-state index contributed by atoms with van der Waals surface area (Å²) in [7, 11) is 0. The molecule has 1 aliphatic rings. The maximum Gasteiger partial charge on any atom is 0.138 e. The molecular formula is C5H7FO. The summed E-state index contributed by atoms with van der Waals surface area (Å²) in [6.07, 6.45) is 1.38. The van der Waals surface area contributed by atoms with Crippen LogP contribution in [0.5, 0.6) is 0 Å². The molecule has 0 amide bonds. The molecule has 1 rings (SSSR count). The van der Waals surface area contributed by atoms with E-state index in [1.165, 1.54) is 0 Å². The van der Waals surface area contributed by atoms with Gasteiger partial charge < -0.3 is 0 Å². The predicted molar refractivity (Wildman–Crippen MR) is 23.7 cm³/mol. The van der Waals surface area contributed by atoms with Crippen LogP contribution < -0.4 is 0 Å². The molecule has 0 radical (unpaired) electrons. The topological polar surface area (TPSA) is 17.1 Å². The van der Waals surface area contributed by atoms with Crippen molar-refractivity contribution in [2.75, 3.05) is 6.67 Å². The molecule has 0 spiro atoms. The van der Waals surface area contributed by atoms with Crippen LogP contribution in [0.25, 0.3) is 0 Å². The number of carbonyl (C=O) groups is 1. The average Bonchev–Trinajstić information content (AvgIpc) is 1.65. The van der Waals surface area contributed by atoms with Crippen molar-refractivity contribution in [1.29, 1.82) is 0 Å². The summed E-state index contributed by atoms with van der Waals surface area (Å²) >= 11 is 0. The number of alkyl halides is 1. The molecule has 0 saturated heterocycles. The van der Waals surface area contributed by atoms with E-state index >= 15 is 0 Å². The second-order valence-corrected chi connectivity index (χ2v) is 1.86. The van der Waals surface area contributed by atoms with Crippen molar-refractivity contribution in [3.63, 3.8) is 0 Å². The van der Waals surface area contributed by atoms with E-state index in [-0.39, 0.29) is 11.7 Å². The molecule has 1 aliphatic carbocycles. The van der Waals surface area contributed by atoms with E-state index in [9.17, 15) is 9.18 Å². The van der Waals surface area contributed by atoms with Crippen LogP contribution in [0.1, 0.15) is 12.8 Å². The van der Waals surface area contributed by atoms with Crippen molar-refractivity contribution in [2.24, 2.45) is 5.92 Å². The summed E-state index contributed by atoms with van der Waals surface area (Å²) in [5, 5.41) is 0. The standard InChI is InChI=1S/C5H7FO/c6-3-4-1-2-5(4)7/h4H,1-3H2. The monoisotopic (exact) mass is 102 g/mol. The van der Waals surface area contributed by atoms with E-state index < -0.39 is 6.67 Å². The molecule has 0 bridgehead atoms. The van der Waals surface area contributed by atoms with Crippen LogP contribution in [0.4, 0.5) is 4.39 Å². The average molecular weight is 102 g/mol. The molecule has 0 N–H and O–H groups in total. The van der Waals surface area contributed by atoms with Gasteiger partial charge in [-0.3, -0.25) is 9.18 Å². The van der Waals surface area contributed by atoms with Gasteiger partial charge in [-0.25, -0.2) is 0 Å². The van der Waals surface area contributed by atoms with Crippen LogP contribution in [-0.4, -0.2) is 12.5 Å². The highest BCUT2D eigenvalue weighted by atomic mass is 19.1. The normalized spacial score (nSPS) is 29.9. The van der Waals surface area contributed by atoms with E-state index in [0.717, 1.165) is 6.42 Å². The Balaban J connectivity index is 2.29. The molecule has 1 unspecified atom stereocenters. The second-order valence-electron chi connectivity index (χ2n) is 1.86. The number of rotatable bonds is 1. The fourth-order valence-corrected chi connectivity index (χ4v) is 0.630. The van der Waals surface area contributed by atoms with Gasteiger partial charge in [0.1, 0.15) is 5.78 Å². The van der Waals surface area contributed by atoms with Gasteiger partial charge in [-0.1, -0.05) is 0 Å². The molecule has 1 saturated carbocycles. The van der Waals surface area contributed by atoms with E-state index in [1.54, 1.807) is 0 Å². The molecular weight excluding hydrogens is 95.1 g/mol. The van der Waals surface area contributed by atoms with Crippen LogP contribution in [0, 0.1) is 5.92 Å². The lowest BCUT2D eigenvalue weighted by Crippen LogP contribution is -2.26. The summed E-state index contributed by atoms with van der Waals surface area (Å²) < 4.78 is 11.5. The fourth-order valence-electron chi connectivity index (χ4n) is 0.630. The third-order valence-corrected chi connectivity index (χ3v) is 1.38. The molecule has 0 heterocycles. The maximum absolute atomic E-state index is 11.5. The van der Waals surface area contributed by atoms with Crippen LogP contribution in [-0.2, 0) is 4.79 Å². The summed E-state index contributed by atoms with van der Waals surface area (Å²) in [4.78, 5) is 10.2. The van der Waals surface area contributed by atoms with E-state index in [2.05, 4.69) is 0 Å². The Hall–Kier alpha value is -0.400. The van der Waals surface area contributed by atoms with Crippen LogP contribution in [0.15, 0.2) is 0 Å². The van der Waals surface area contributed by atoms with Crippen molar-refractivity contribution in [3.8, 4) is 0 Å². The molecule has 1 nitrogen and oxygen atoms in total. The lowest BCUT2D eigenvalue weighted by atomic mass is 9.85. The summed E-state index contributed by atoms with van der Waals surface area (Å²) in [5.41, 5.74) is 0. The molecule has 1 fully saturated rings. The third-order valence-electron chi connectivity index (χ3n) is 1.38. The second kappa shape index (κ2) is 1.60. The minimum Gasteiger partial charge on any atom is -0.299 e. The number of hydrogen-bond donors (Lipinski definition) is 0. The van der Waals surface area contributed by atoms with Gasteiger partial charge in [-0.15, -0.1) is 0 Å². The number of ketones is 1. The minimum atomic E-state index is -0.446. The highest BCUT2D eigenvalue weighted by Gasteiger charge is 2.27. The van der Waals surface area contributed by atoms with Gasteiger partial charge in [-0.05, 0) is 6.42 Å². The van der Waals surface area contributed by atoms with Crippen molar-refractivity contribution < 1.29 is 9.18 Å². The van der Waals surface area contributed by atoms with Crippen molar-refractivity contribution in [1.82, 2.24) is 0 Å². The Kier molecular flexibility index (Phi) is 1.09. The Morgan fingerprint density at radius 3 is 2.57 bits per heavy atom. The van der Waals surface area contributed by atoms with Crippen LogP contribution in [0.3, 0.4) is 0 Å². The molecule has 0 aromatic carbocycles. The first-order valence-electron chi connectivity index (χ1n) is 2.43. The number of hydrogen-bond acceptors (Lipinski definition) is 1. The van der Waals surface area contributed by atoms with Gasteiger partial charge in [-0.2, -0.15) is 0 Å². The SMILES string of the molecule is O=C1CCC1CF.